The smallest absolute Gasteiger partial charge is 0.239 e. The average Bonchev–Trinajstić information content (AvgIpc) is 2.66. The number of hydrogen-bond donors (Lipinski definition) is 0. The van der Waals surface area contributed by atoms with Crippen LogP contribution in [0, 0.1) is 13.8 Å². The van der Waals surface area contributed by atoms with Crippen LogP contribution in [0.2, 0.25) is 0 Å². The van der Waals surface area contributed by atoms with Gasteiger partial charge >= 0.3 is 0 Å². The minimum Gasteiger partial charge on any atom is -0.490 e. The third kappa shape index (κ3) is 4.59. The van der Waals surface area contributed by atoms with Crippen LogP contribution in [0.5, 0.6) is 5.75 Å². The first-order chi connectivity index (χ1) is 12.6. The summed E-state index contributed by atoms with van der Waals surface area (Å²) < 4.78 is 6.18. The highest BCUT2D eigenvalue weighted by atomic mass is 16.5. The molecule has 26 heavy (non-hydrogen) atoms. The third-order valence-corrected chi connectivity index (χ3v) is 5.94. The zero-order valence-electron chi connectivity index (χ0n) is 16.7. The summed E-state index contributed by atoms with van der Waals surface area (Å²) in [5, 5.41) is 0. The van der Waals surface area contributed by atoms with Crippen LogP contribution in [0.3, 0.4) is 0 Å². The number of likely N-dealkylation sites (tertiary alicyclic amines) is 2. The van der Waals surface area contributed by atoms with Crippen LogP contribution in [0.25, 0.3) is 0 Å². The molecular formula is C22H34N2O2. The Bertz CT molecular complexity index is 606. The number of hydrogen-bond acceptors (Lipinski definition) is 3. The SMILES string of the molecule is CCCN1CCCCC1C(=O)N1CCC(Oc2ccc(C)c(C)c2)CC1. The fourth-order valence-electron chi connectivity index (χ4n) is 4.21. The van der Waals surface area contributed by atoms with Gasteiger partial charge in [-0.15, -0.1) is 0 Å². The molecule has 1 aromatic rings. The van der Waals surface area contributed by atoms with Crippen molar-refractivity contribution in [3.63, 3.8) is 0 Å². The molecule has 0 bridgehead atoms. The van der Waals surface area contributed by atoms with Crippen molar-refractivity contribution in [2.24, 2.45) is 0 Å². The number of nitrogens with zero attached hydrogens (tertiary/aromatic N) is 2. The Hall–Kier alpha value is -1.55. The summed E-state index contributed by atoms with van der Waals surface area (Å²) in [6, 6.07) is 6.41. The van der Waals surface area contributed by atoms with E-state index in [4.69, 9.17) is 4.74 Å². The summed E-state index contributed by atoms with van der Waals surface area (Å²) in [6.45, 7) is 10.2. The van der Waals surface area contributed by atoms with Crippen LogP contribution in [-0.4, -0.2) is 54.0 Å². The molecule has 0 N–H and O–H groups in total. The first kappa shape index (κ1) is 19.2. The van der Waals surface area contributed by atoms with Gasteiger partial charge in [-0.25, -0.2) is 0 Å². The predicted molar refractivity (Wildman–Crippen MR) is 106 cm³/mol. The van der Waals surface area contributed by atoms with E-state index in [1.54, 1.807) is 0 Å². The van der Waals surface area contributed by atoms with Gasteiger partial charge in [0.2, 0.25) is 5.91 Å². The van der Waals surface area contributed by atoms with Crippen molar-refractivity contribution in [1.82, 2.24) is 9.80 Å². The maximum atomic E-state index is 13.0. The molecule has 2 saturated heterocycles. The fourth-order valence-corrected chi connectivity index (χ4v) is 4.21. The maximum Gasteiger partial charge on any atom is 0.239 e. The van der Waals surface area contributed by atoms with Crippen molar-refractivity contribution in [2.45, 2.75) is 71.4 Å². The van der Waals surface area contributed by atoms with Crippen LogP contribution in [0.1, 0.15) is 56.6 Å². The number of aryl methyl sites for hydroxylation is 2. The van der Waals surface area contributed by atoms with Gasteiger partial charge in [-0.1, -0.05) is 19.4 Å². The summed E-state index contributed by atoms with van der Waals surface area (Å²) in [4.78, 5) is 17.5. The van der Waals surface area contributed by atoms with Crippen molar-refractivity contribution in [3.05, 3.63) is 29.3 Å². The molecule has 3 rings (SSSR count). The molecule has 144 valence electrons. The molecule has 2 fully saturated rings. The second-order valence-corrected chi connectivity index (χ2v) is 7.94. The Kier molecular flexibility index (Phi) is 6.58. The van der Waals surface area contributed by atoms with E-state index >= 15 is 0 Å². The van der Waals surface area contributed by atoms with Gasteiger partial charge in [-0.3, -0.25) is 9.69 Å². The first-order valence-corrected chi connectivity index (χ1v) is 10.3. The van der Waals surface area contributed by atoms with E-state index in [1.807, 2.05) is 0 Å². The zero-order chi connectivity index (χ0) is 18.5. The van der Waals surface area contributed by atoms with E-state index in [-0.39, 0.29) is 12.1 Å². The van der Waals surface area contributed by atoms with E-state index in [0.29, 0.717) is 5.91 Å². The van der Waals surface area contributed by atoms with E-state index in [1.165, 1.54) is 24.0 Å². The largest absolute Gasteiger partial charge is 0.490 e. The molecule has 1 aromatic carbocycles. The topological polar surface area (TPSA) is 32.8 Å². The molecule has 1 amide bonds. The van der Waals surface area contributed by atoms with Crippen LogP contribution < -0.4 is 4.74 Å². The molecule has 2 aliphatic heterocycles. The van der Waals surface area contributed by atoms with Crippen molar-refractivity contribution in [3.8, 4) is 5.75 Å². The van der Waals surface area contributed by atoms with E-state index < -0.39 is 0 Å². The summed E-state index contributed by atoms with van der Waals surface area (Å²) in [5.74, 6) is 1.31. The third-order valence-electron chi connectivity index (χ3n) is 5.94. The van der Waals surface area contributed by atoms with Gasteiger partial charge in [0.05, 0.1) is 6.04 Å². The van der Waals surface area contributed by atoms with E-state index in [2.05, 4.69) is 48.8 Å². The standard InChI is InChI=1S/C22H34N2O2/c1-4-12-23-13-6-5-7-21(23)22(25)24-14-10-19(11-15-24)26-20-9-8-17(2)18(3)16-20/h8-9,16,19,21H,4-7,10-15H2,1-3H3. The highest BCUT2D eigenvalue weighted by molar-refractivity contribution is 5.82. The Balaban J connectivity index is 1.52. The minimum atomic E-state index is 0.112. The number of piperidine rings is 2. The Morgan fingerprint density at radius 3 is 2.54 bits per heavy atom. The second-order valence-electron chi connectivity index (χ2n) is 7.94. The van der Waals surface area contributed by atoms with Crippen molar-refractivity contribution in [2.75, 3.05) is 26.2 Å². The fraction of sp³-hybridized carbons (Fsp3) is 0.682. The lowest BCUT2D eigenvalue weighted by atomic mass is 9.99. The number of amides is 1. The number of rotatable bonds is 5. The molecule has 0 radical (unpaired) electrons. The molecule has 0 spiro atoms. The van der Waals surface area contributed by atoms with Gasteiger partial charge in [0.25, 0.3) is 0 Å². The summed E-state index contributed by atoms with van der Waals surface area (Å²) in [5.41, 5.74) is 2.56. The lowest BCUT2D eigenvalue weighted by Crippen LogP contribution is -2.53. The van der Waals surface area contributed by atoms with Gasteiger partial charge in [-0.05, 0) is 69.5 Å². The van der Waals surface area contributed by atoms with Gasteiger partial charge in [-0.2, -0.15) is 0 Å². The lowest BCUT2D eigenvalue weighted by Gasteiger charge is -2.40. The quantitative estimate of drug-likeness (QED) is 0.799. The first-order valence-electron chi connectivity index (χ1n) is 10.3. The number of carbonyl (C=O) groups excluding carboxylic acids is 1. The average molecular weight is 359 g/mol. The molecule has 0 aromatic heterocycles. The van der Waals surface area contributed by atoms with Crippen LogP contribution in [0.4, 0.5) is 0 Å². The lowest BCUT2D eigenvalue weighted by molar-refractivity contribution is -0.140. The van der Waals surface area contributed by atoms with Crippen LogP contribution >= 0.6 is 0 Å². The molecule has 4 nitrogen and oxygen atoms in total. The molecule has 0 saturated carbocycles. The van der Waals surface area contributed by atoms with Gasteiger partial charge < -0.3 is 9.64 Å². The van der Waals surface area contributed by atoms with Crippen molar-refractivity contribution >= 4 is 5.91 Å². The van der Waals surface area contributed by atoms with Gasteiger partial charge in [0.1, 0.15) is 11.9 Å². The summed E-state index contributed by atoms with van der Waals surface area (Å²) in [6.07, 6.45) is 6.64. The second kappa shape index (κ2) is 8.90. The molecule has 1 atom stereocenters. The van der Waals surface area contributed by atoms with Crippen LogP contribution in [-0.2, 0) is 4.79 Å². The predicted octanol–water partition coefficient (Wildman–Crippen LogP) is 3.94. The monoisotopic (exact) mass is 358 g/mol. The zero-order valence-corrected chi connectivity index (χ0v) is 16.7. The molecule has 1 unspecified atom stereocenters. The molecule has 2 aliphatic rings. The highest BCUT2D eigenvalue weighted by Gasteiger charge is 2.33. The van der Waals surface area contributed by atoms with Crippen molar-refractivity contribution < 1.29 is 9.53 Å². The Morgan fingerprint density at radius 1 is 1.08 bits per heavy atom. The molecular weight excluding hydrogens is 324 g/mol. The highest BCUT2D eigenvalue weighted by Crippen LogP contribution is 2.24. The summed E-state index contributed by atoms with van der Waals surface area (Å²) in [7, 11) is 0. The normalized spacial score (nSPS) is 22.4. The number of carbonyl (C=O) groups is 1. The Morgan fingerprint density at radius 2 is 1.85 bits per heavy atom. The van der Waals surface area contributed by atoms with E-state index in [0.717, 1.165) is 57.6 Å². The molecule has 2 heterocycles. The van der Waals surface area contributed by atoms with Crippen LogP contribution in [0.15, 0.2) is 18.2 Å². The minimum absolute atomic E-state index is 0.112. The van der Waals surface area contributed by atoms with Gasteiger partial charge in [0.15, 0.2) is 0 Å². The summed E-state index contributed by atoms with van der Waals surface area (Å²) >= 11 is 0. The maximum absolute atomic E-state index is 13.0. The van der Waals surface area contributed by atoms with E-state index in [9.17, 15) is 4.79 Å². The number of benzene rings is 1. The van der Waals surface area contributed by atoms with Crippen molar-refractivity contribution in [1.29, 1.82) is 0 Å². The Labute approximate surface area is 158 Å². The molecule has 0 aliphatic carbocycles. The number of ether oxygens (including phenoxy) is 1. The van der Waals surface area contributed by atoms with Gasteiger partial charge in [0, 0.05) is 25.9 Å². The molecule has 4 heteroatoms.